The first kappa shape index (κ1) is 15.5. The first-order chi connectivity index (χ1) is 11.0. The van der Waals surface area contributed by atoms with Gasteiger partial charge in [-0.05, 0) is 37.5 Å². The summed E-state index contributed by atoms with van der Waals surface area (Å²) in [5, 5.41) is 2.19. The lowest BCUT2D eigenvalue weighted by Gasteiger charge is -2.15. The SMILES string of the molecule is CC(N)CC(C)COc1ccc2c(c1)oc(=O)c1cnccc12. The number of ether oxygens (including phenoxy) is 1. The Morgan fingerprint density at radius 2 is 2.04 bits per heavy atom. The number of hydrogen-bond acceptors (Lipinski definition) is 5. The highest BCUT2D eigenvalue weighted by atomic mass is 16.5. The number of nitrogens with two attached hydrogens (primary N) is 1. The van der Waals surface area contributed by atoms with Crippen molar-refractivity contribution in [3.05, 3.63) is 47.1 Å². The molecule has 23 heavy (non-hydrogen) atoms. The van der Waals surface area contributed by atoms with Crippen molar-refractivity contribution in [2.45, 2.75) is 26.3 Å². The predicted octanol–water partition coefficient (Wildman–Crippen LogP) is 3.09. The molecule has 1 aromatic carbocycles. The third-order valence-corrected chi connectivity index (χ3v) is 3.80. The van der Waals surface area contributed by atoms with Gasteiger partial charge in [0.15, 0.2) is 0 Å². The third kappa shape index (κ3) is 3.35. The summed E-state index contributed by atoms with van der Waals surface area (Å²) in [6.45, 7) is 4.67. The summed E-state index contributed by atoms with van der Waals surface area (Å²) >= 11 is 0. The van der Waals surface area contributed by atoms with Crippen LogP contribution >= 0.6 is 0 Å². The van der Waals surface area contributed by atoms with E-state index in [1.807, 2.05) is 25.1 Å². The molecule has 120 valence electrons. The Morgan fingerprint density at radius 3 is 2.83 bits per heavy atom. The van der Waals surface area contributed by atoms with Crippen molar-refractivity contribution in [2.75, 3.05) is 6.61 Å². The summed E-state index contributed by atoms with van der Waals surface area (Å²) in [4.78, 5) is 16.0. The van der Waals surface area contributed by atoms with Gasteiger partial charge in [-0.3, -0.25) is 4.98 Å². The van der Waals surface area contributed by atoms with Gasteiger partial charge >= 0.3 is 5.63 Å². The molecule has 0 spiro atoms. The minimum absolute atomic E-state index is 0.156. The molecule has 0 saturated carbocycles. The Labute approximate surface area is 134 Å². The van der Waals surface area contributed by atoms with E-state index in [2.05, 4.69) is 11.9 Å². The zero-order valence-corrected chi connectivity index (χ0v) is 13.3. The zero-order valence-electron chi connectivity index (χ0n) is 13.3. The number of nitrogens with zero attached hydrogens (tertiary/aromatic N) is 1. The fourth-order valence-corrected chi connectivity index (χ4v) is 2.79. The maximum absolute atomic E-state index is 12.0. The van der Waals surface area contributed by atoms with E-state index in [1.165, 1.54) is 6.20 Å². The lowest BCUT2D eigenvalue weighted by atomic mass is 10.0. The number of pyridine rings is 1. The first-order valence-electron chi connectivity index (χ1n) is 7.73. The van der Waals surface area contributed by atoms with Crippen LogP contribution in [0.1, 0.15) is 20.3 Å². The van der Waals surface area contributed by atoms with E-state index in [9.17, 15) is 4.79 Å². The molecule has 0 aliphatic rings. The Bertz CT molecular complexity index is 886. The second-order valence-corrected chi connectivity index (χ2v) is 6.10. The van der Waals surface area contributed by atoms with Crippen molar-refractivity contribution in [3.8, 4) is 5.75 Å². The summed E-state index contributed by atoms with van der Waals surface area (Å²) in [6.07, 6.45) is 4.10. The van der Waals surface area contributed by atoms with Crippen LogP contribution in [-0.4, -0.2) is 17.6 Å². The van der Waals surface area contributed by atoms with E-state index in [1.54, 1.807) is 12.3 Å². The average Bonchev–Trinajstić information content (AvgIpc) is 2.52. The van der Waals surface area contributed by atoms with E-state index in [0.717, 1.165) is 17.2 Å². The third-order valence-electron chi connectivity index (χ3n) is 3.80. The molecule has 0 bridgehead atoms. The molecule has 0 aliphatic heterocycles. The fraction of sp³-hybridized carbons (Fsp3) is 0.333. The number of hydrogen-bond donors (Lipinski definition) is 1. The summed E-state index contributed by atoms with van der Waals surface area (Å²) < 4.78 is 11.2. The molecule has 0 saturated heterocycles. The molecule has 5 heteroatoms. The maximum Gasteiger partial charge on any atom is 0.345 e. The van der Waals surface area contributed by atoms with Gasteiger partial charge < -0.3 is 14.9 Å². The maximum atomic E-state index is 12.0. The van der Waals surface area contributed by atoms with E-state index < -0.39 is 0 Å². The van der Waals surface area contributed by atoms with E-state index in [-0.39, 0.29) is 11.7 Å². The van der Waals surface area contributed by atoms with Gasteiger partial charge in [0, 0.05) is 35.3 Å². The van der Waals surface area contributed by atoms with Gasteiger partial charge in [0.25, 0.3) is 0 Å². The summed E-state index contributed by atoms with van der Waals surface area (Å²) in [6, 6.07) is 7.53. The number of benzene rings is 1. The number of aromatic nitrogens is 1. The highest BCUT2D eigenvalue weighted by molar-refractivity contribution is 6.04. The lowest BCUT2D eigenvalue weighted by Crippen LogP contribution is -2.21. The van der Waals surface area contributed by atoms with Gasteiger partial charge in [-0.15, -0.1) is 0 Å². The molecule has 5 nitrogen and oxygen atoms in total. The summed E-state index contributed by atoms with van der Waals surface area (Å²) in [5.41, 5.74) is 5.93. The van der Waals surface area contributed by atoms with Crippen LogP contribution in [0.5, 0.6) is 5.75 Å². The number of fused-ring (bicyclic) bond motifs is 3. The molecule has 2 aromatic heterocycles. The van der Waals surface area contributed by atoms with Crippen LogP contribution in [0.25, 0.3) is 21.7 Å². The van der Waals surface area contributed by atoms with Crippen LogP contribution in [0.3, 0.4) is 0 Å². The van der Waals surface area contributed by atoms with Crippen molar-refractivity contribution in [1.82, 2.24) is 4.98 Å². The Morgan fingerprint density at radius 1 is 1.22 bits per heavy atom. The van der Waals surface area contributed by atoms with Crippen LogP contribution in [0.4, 0.5) is 0 Å². The first-order valence-corrected chi connectivity index (χ1v) is 7.73. The zero-order chi connectivity index (χ0) is 16.4. The van der Waals surface area contributed by atoms with E-state index in [4.69, 9.17) is 14.9 Å². The van der Waals surface area contributed by atoms with Gasteiger partial charge in [-0.25, -0.2) is 4.79 Å². The lowest BCUT2D eigenvalue weighted by molar-refractivity contribution is 0.246. The van der Waals surface area contributed by atoms with Crippen LogP contribution in [0.15, 0.2) is 45.9 Å². The van der Waals surface area contributed by atoms with E-state index in [0.29, 0.717) is 29.2 Å². The molecule has 2 atom stereocenters. The molecule has 0 fully saturated rings. The summed E-state index contributed by atoms with van der Waals surface area (Å²) in [5.74, 6) is 1.05. The monoisotopic (exact) mass is 312 g/mol. The average molecular weight is 312 g/mol. The molecule has 0 radical (unpaired) electrons. The van der Waals surface area contributed by atoms with Crippen LogP contribution in [0, 0.1) is 5.92 Å². The van der Waals surface area contributed by atoms with Crippen molar-refractivity contribution in [1.29, 1.82) is 0 Å². The minimum atomic E-state index is -0.386. The molecule has 0 aliphatic carbocycles. The second-order valence-electron chi connectivity index (χ2n) is 6.10. The fourth-order valence-electron chi connectivity index (χ4n) is 2.79. The largest absolute Gasteiger partial charge is 0.493 e. The van der Waals surface area contributed by atoms with Crippen molar-refractivity contribution < 1.29 is 9.15 Å². The molecule has 0 amide bonds. The molecule has 2 N–H and O–H groups in total. The molecule has 2 heterocycles. The van der Waals surface area contributed by atoms with Gasteiger partial charge in [0.2, 0.25) is 0 Å². The van der Waals surface area contributed by atoms with E-state index >= 15 is 0 Å². The number of rotatable bonds is 5. The smallest absolute Gasteiger partial charge is 0.345 e. The normalized spacial score (nSPS) is 14.0. The summed E-state index contributed by atoms with van der Waals surface area (Å²) in [7, 11) is 0. The molecular weight excluding hydrogens is 292 g/mol. The molecule has 3 rings (SSSR count). The van der Waals surface area contributed by atoms with Crippen molar-refractivity contribution >= 4 is 21.7 Å². The highest BCUT2D eigenvalue weighted by Gasteiger charge is 2.10. The van der Waals surface area contributed by atoms with Crippen LogP contribution in [-0.2, 0) is 0 Å². The van der Waals surface area contributed by atoms with Gasteiger partial charge in [-0.1, -0.05) is 6.92 Å². The van der Waals surface area contributed by atoms with Crippen molar-refractivity contribution in [2.24, 2.45) is 11.7 Å². The molecule has 3 aromatic rings. The topological polar surface area (TPSA) is 78.4 Å². The molecule has 2 unspecified atom stereocenters. The Balaban J connectivity index is 1.91. The Kier molecular flexibility index (Phi) is 4.30. The second kappa shape index (κ2) is 6.38. The quantitative estimate of drug-likeness (QED) is 0.578. The predicted molar refractivity (Wildman–Crippen MR) is 90.7 cm³/mol. The van der Waals surface area contributed by atoms with Gasteiger partial charge in [0.1, 0.15) is 11.3 Å². The standard InChI is InChI=1S/C18H20N2O3/c1-11(7-12(2)19)10-22-13-3-4-15-14-5-6-20-9-16(14)18(21)23-17(15)8-13/h3-6,8-9,11-12H,7,10,19H2,1-2H3. The molecular formula is C18H20N2O3. The highest BCUT2D eigenvalue weighted by Crippen LogP contribution is 2.26. The van der Waals surface area contributed by atoms with Crippen LogP contribution < -0.4 is 16.1 Å². The van der Waals surface area contributed by atoms with Crippen molar-refractivity contribution in [3.63, 3.8) is 0 Å². The van der Waals surface area contributed by atoms with Gasteiger partial charge in [0.05, 0.1) is 12.0 Å². The van der Waals surface area contributed by atoms with Crippen LogP contribution in [0.2, 0.25) is 0 Å². The van der Waals surface area contributed by atoms with Gasteiger partial charge in [-0.2, -0.15) is 0 Å². The minimum Gasteiger partial charge on any atom is -0.493 e. The Hall–Kier alpha value is -2.40.